The van der Waals surface area contributed by atoms with E-state index >= 15 is 0 Å². The number of nitrogens with one attached hydrogen (secondary N) is 1. The number of alkyl halides is 5. The van der Waals surface area contributed by atoms with Crippen molar-refractivity contribution in [2.24, 2.45) is 0 Å². The van der Waals surface area contributed by atoms with Crippen molar-refractivity contribution in [1.29, 1.82) is 0 Å². The van der Waals surface area contributed by atoms with Gasteiger partial charge in [0.2, 0.25) is 0 Å². The third kappa shape index (κ3) is 3.74. The van der Waals surface area contributed by atoms with Crippen LogP contribution in [0.5, 0.6) is 0 Å². The van der Waals surface area contributed by atoms with Crippen molar-refractivity contribution >= 4 is 23.2 Å². The lowest BCUT2D eigenvalue weighted by atomic mass is 9.99. The number of rotatable bonds is 5. The molecule has 0 amide bonds. The first-order valence-corrected chi connectivity index (χ1v) is 6.49. The van der Waals surface area contributed by atoms with E-state index in [1.807, 2.05) is 0 Å². The van der Waals surface area contributed by atoms with Crippen molar-refractivity contribution in [3.8, 4) is 0 Å². The third-order valence-electron chi connectivity index (χ3n) is 2.62. The molecule has 20 heavy (non-hydrogen) atoms. The second kappa shape index (κ2) is 6.45. The second-order valence-corrected chi connectivity index (χ2v) is 5.00. The summed E-state index contributed by atoms with van der Waals surface area (Å²) in [6, 6.07) is 1.09. The van der Waals surface area contributed by atoms with Crippen molar-refractivity contribution in [3.63, 3.8) is 0 Å². The molecule has 0 radical (unpaired) electrons. The summed E-state index contributed by atoms with van der Waals surface area (Å²) in [5.74, 6) is -4.92. The Labute approximate surface area is 123 Å². The van der Waals surface area contributed by atoms with Crippen LogP contribution in [0.3, 0.4) is 0 Å². The summed E-state index contributed by atoms with van der Waals surface area (Å²) >= 11 is 11.3. The minimum absolute atomic E-state index is 0.0105. The van der Waals surface area contributed by atoms with Gasteiger partial charge < -0.3 is 5.32 Å². The molecule has 114 valence electrons. The molecule has 1 N–H and O–H groups in total. The molecule has 0 fully saturated rings. The molecule has 0 saturated heterocycles. The molecule has 1 nitrogen and oxygen atoms in total. The van der Waals surface area contributed by atoms with E-state index in [9.17, 15) is 22.0 Å². The van der Waals surface area contributed by atoms with Gasteiger partial charge in [-0.05, 0) is 30.7 Å². The van der Waals surface area contributed by atoms with Gasteiger partial charge >= 0.3 is 12.1 Å². The quantitative estimate of drug-likeness (QED) is 0.726. The molecule has 0 saturated carbocycles. The molecular weight excluding hydrogens is 324 g/mol. The van der Waals surface area contributed by atoms with E-state index in [-0.39, 0.29) is 22.2 Å². The van der Waals surface area contributed by atoms with Crippen molar-refractivity contribution in [1.82, 2.24) is 5.32 Å². The van der Waals surface area contributed by atoms with Crippen LogP contribution in [0, 0.1) is 0 Å². The molecule has 1 unspecified atom stereocenters. The van der Waals surface area contributed by atoms with Gasteiger partial charge in [0.1, 0.15) is 6.04 Å². The monoisotopic (exact) mass is 335 g/mol. The lowest BCUT2D eigenvalue weighted by Gasteiger charge is -2.30. The zero-order valence-corrected chi connectivity index (χ0v) is 11.9. The SMILES string of the molecule is CCCNC(c1ccc(Cl)c(Cl)c1)C(F)(F)C(F)(F)F. The Hall–Kier alpha value is -0.590. The fraction of sp³-hybridized carbons (Fsp3) is 0.500. The first-order valence-electron chi connectivity index (χ1n) is 5.74. The smallest absolute Gasteiger partial charge is 0.305 e. The van der Waals surface area contributed by atoms with E-state index in [0.29, 0.717) is 6.42 Å². The molecule has 1 aromatic carbocycles. The van der Waals surface area contributed by atoms with E-state index in [1.165, 1.54) is 6.07 Å². The topological polar surface area (TPSA) is 12.0 Å². The van der Waals surface area contributed by atoms with E-state index in [0.717, 1.165) is 12.1 Å². The molecule has 0 bridgehead atoms. The van der Waals surface area contributed by atoms with E-state index in [1.54, 1.807) is 6.92 Å². The predicted molar refractivity (Wildman–Crippen MR) is 68.5 cm³/mol. The summed E-state index contributed by atoms with van der Waals surface area (Å²) in [6.07, 6.45) is -5.25. The maximum Gasteiger partial charge on any atom is 0.455 e. The van der Waals surface area contributed by atoms with Gasteiger partial charge in [-0.2, -0.15) is 22.0 Å². The highest BCUT2D eigenvalue weighted by Crippen LogP contribution is 2.45. The minimum atomic E-state index is -5.66. The average Bonchev–Trinajstić information content (AvgIpc) is 2.32. The Bertz CT molecular complexity index is 462. The fourth-order valence-electron chi connectivity index (χ4n) is 1.60. The molecule has 1 atom stereocenters. The minimum Gasteiger partial charge on any atom is -0.305 e. The first-order chi connectivity index (χ1) is 9.11. The largest absolute Gasteiger partial charge is 0.455 e. The Morgan fingerprint density at radius 2 is 1.70 bits per heavy atom. The molecule has 0 aliphatic carbocycles. The van der Waals surface area contributed by atoms with E-state index in [4.69, 9.17) is 23.2 Å². The molecule has 1 rings (SSSR count). The van der Waals surface area contributed by atoms with Crippen LogP contribution >= 0.6 is 23.2 Å². The maximum atomic E-state index is 13.6. The molecule has 0 aliphatic rings. The second-order valence-electron chi connectivity index (χ2n) is 4.18. The van der Waals surface area contributed by atoms with Crippen molar-refractivity contribution < 1.29 is 22.0 Å². The Balaban J connectivity index is 3.21. The average molecular weight is 336 g/mol. The molecule has 8 heteroatoms. The normalized spacial score (nSPS) is 14.4. The Morgan fingerprint density at radius 1 is 1.10 bits per heavy atom. The van der Waals surface area contributed by atoms with Gasteiger partial charge in [-0.25, -0.2) is 0 Å². The summed E-state index contributed by atoms with van der Waals surface area (Å²) in [7, 11) is 0. The number of hydrogen-bond acceptors (Lipinski definition) is 1. The Morgan fingerprint density at radius 3 is 2.15 bits per heavy atom. The zero-order chi connectivity index (χ0) is 15.6. The summed E-state index contributed by atoms with van der Waals surface area (Å²) in [5, 5.41) is 2.21. The molecule has 1 aromatic rings. The number of benzene rings is 1. The fourth-order valence-corrected chi connectivity index (χ4v) is 1.91. The van der Waals surface area contributed by atoms with Crippen molar-refractivity contribution in [2.75, 3.05) is 6.54 Å². The van der Waals surface area contributed by atoms with E-state index < -0.39 is 18.1 Å². The lowest BCUT2D eigenvalue weighted by molar-refractivity contribution is -0.294. The first kappa shape index (κ1) is 17.5. The van der Waals surface area contributed by atoms with Gasteiger partial charge in [0.25, 0.3) is 0 Å². The van der Waals surface area contributed by atoms with Gasteiger partial charge in [-0.3, -0.25) is 0 Å². The lowest BCUT2D eigenvalue weighted by Crippen LogP contribution is -2.48. The van der Waals surface area contributed by atoms with Crippen LogP contribution in [0.2, 0.25) is 10.0 Å². The zero-order valence-electron chi connectivity index (χ0n) is 10.4. The highest BCUT2D eigenvalue weighted by Gasteiger charge is 2.62. The van der Waals surface area contributed by atoms with Crippen LogP contribution in [-0.4, -0.2) is 18.6 Å². The van der Waals surface area contributed by atoms with Crippen LogP contribution in [0.25, 0.3) is 0 Å². The van der Waals surface area contributed by atoms with Crippen molar-refractivity contribution in [2.45, 2.75) is 31.5 Å². The predicted octanol–water partition coefficient (Wildman–Crippen LogP) is 5.23. The van der Waals surface area contributed by atoms with Gasteiger partial charge in [-0.1, -0.05) is 36.2 Å². The van der Waals surface area contributed by atoms with Gasteiger partial charge in [0, 0.05) is 0 Å². The number of halogens is 7. The third-order valence-corrected chi connectivity index (χ3v) is 3.35. The summed E-state index contributed by atoms with van der Waals surface area (Å²) in [5.41, 5.74) is -0.268. The van der Waals surface area contributed by atoms with E-state index in [2.05, 4.69) is 5.32 Å². The molecule has 0 aliphatic heterocycles. The number of hydrogen-bond donors (Lipinski definition) is 1. The van der Waals surface area contributed by atoms with Crippen molar-refractivity contribution in [3.05, 3.63) is 33.8 Å². The molecule has 0 heterocycles. The standard InChI is InChI=1S/C12H12Cl2F5N/c1-2-5-20-10(11(15,16)12(17,18)19)7-3-4-8(13)9(14)6-7/h3-4,6,10,20H,2,5H2,1H3. The summed E-state index contributed by atoms with van der Waals surface area (Å²) in [6.45, 7) is 1.67. The molecule has 0 spiro atoms. The van der Waals surface area contributed by atoms with Crippen LogP contribution in [0.4, 0.5) is 22.0 Å². The van der Waals surface area contributed by atoms with Gasteiger partial charge in [0.15, 0.2) is 0 Å². The van der Waals surface area contributed by atoms with Crippen LogP contribution < -0.4 is 5.32 Å². The highest BCUT2D eigenvalue weighted by molar-refractivity contribution is 6.42. The van der Waals surface area contributed by atoms with Gasteiger partial charge in [-0.15, -0.1) is 0 Å². The van der Waals surface area contributed by atoms with Crippen LogP contribution in [-0.2, 0) is 0 Å². The maximum absolute atomic E-state index is 13.6. The highest BCUT2D eigenvalue weighted by atomic mass is 35.5. The molecule has 0 aromatic heterocycles. The van der Waals surface area contributed by atoms with Gasteiger partial charge in [0.05, 0.1) is 10.0 Å². The van der Waals surface area contributed by atoms with Crippen LogP contribution in [0.1, 0.15) is 24.9 Å². The summed E-state index contributed by atoms with van der Waals surface area (Å²) in [4.78, 5) is 0. The molecular formula is C12H12Cl2F5N. The van der Waals surface area contributed by atoms with Crippen LogP contribution in [0.15, 0.2) is 18.2 Å². The summed E-state index contributed by atoms with van der Waals surface area (Å²) < 4.78 is 64.7. The Kier molecular flexibility index (Phi) is 5.63.